The summed E-state index contributed by atoms with van der Waals surface area (Å²) in [5, 5.41) is 4.77. The van der Waals surface area contributed by atoms with Gasteiger partial charge in [0.1, 0.15) is 12.4 Å². The van der Waals surface area contributed by atoms with Crippen LogP contribution in [0.3, 0.4) is 0 Å². The average molecular weight is 547 g/mol. The number of fused-ring (bicyclic) bond motifs is 6. The molecule has 0 radical (unpaired) electrons. The first kappa shape index (κ1) is 23.8. The van der Waals surface area contributed by atoms with E-state index in [-0.39, 0.29) is 0 Å². The Balaban J connectivity index is 1.12. The second-order valence-corrected chi connectivity index (χ2v) is 11.4. The third-order valence-electron chi connectivity index (χ3n) is 7.91. The van der Waals surface area contributed by atoms with E-state index in [2.05, 4.69) is 132 Å². The summed E-state index contributed by atoms with van der Waals surface area (Å²) in [6.07, 6.45) is 0. The molecule has 2 aromatic heterocycles. The molecule has 0 unspecified atom stereocenters. The van der Waals surface area contributed by atoms with E-state index in [1.54, 1.807) is 11.3 Å². The lowest BCUT2D eigenvalue weighted by molar-refractivity contribution is 0.308. The first-order chi connectivity index (χ1) is 20.2. The second kappa shape index (κ2) is 9.54. The molecular formula is C37H26N2OS. The molecule has 0 saturated heterocycles. The van der Waals surface area contributed by atoms with Crippen molar-refractivity contribution >= 4 is 59.0 Å². The van der Waals surface area contributed by atoms with Crippen molar-refractivity contribution in [2.24, 2.45) is 0 Å². The summed E-state index contributed by atoms with van der Waals surface area (Å²) in [6, 6.07) is 47.1. The average Bonchev–Trinajstić information content (AvgIpc) is 3.57. The van der Waals surface area contributed by atoms with Crippen molar-refractivity contribution in [3.63, 3.8) is 0 Å². The Labute approximate surface area is 241 Å². The highest BCUT2D eigenvalue weighted by atomic mass is 32.1. The molecule has 196 valence electrons. The zero-order chi connectivity index (χ0) is 27.3. The largest absolute Gasteiger partial charge is 0.487 e. The molecule has 8 rings (SSSR count). The van der Waals surface area contributed by atoms with Crippen LogP contribution < -0.4 is 10.5 Å². The van der Waals surface area contributed by atoms with Crippen molar-refractivity contribution in [1.29, 1.82) is 0 Å². The van der Waals surface area contributed by atoms with Crippen LogP contribution in [0.4, 0.5) is 5.69 Å². The maximum Gasteiger partial charge on any atom is 0.143 e. The molecule has 4 heteroatoms. The zero-order valence-electron chi connectivity index (χ0n) is 22.2. The lowest BCUT2D eigenvalue weighted by Crippen LogP contribution is -2.00. The van der Waals surface area contributed by atoms with Gasteiger partial charge in [-0.25, -0.2) is 0 Å². The van der Waals surface area contributed by atoms with Gasteiger partial charge in [0.2, 0.25) is 0 Å². The molecule has 0 spiro atoms. The Bertz CT molecular complexity index is 2210. The third kappa shape index (κ3) is 3.95. The van der Waals surface area contributed by atoms with E-state index in [0.717, 1.165) is 22.4 Å². The fraction of sp³-hybridized carbons (Fsp3) is 0.0270. The lowest BCUT2D eigenvalue weighted by Gasteiger charge is -2.12. The highest BCUT2D eigenvalue weighted by Crippen LogP contribution is 2.41. The SMILES string of the molecule is Nc1c(OCc2ccc(-n3c4ccccc4c4cc(-c5ccccc5)ccc43)cc2)ccc2sc3ccccc3c12. The lowest BCUT2D eigenvalue weighted by atomic mass is 10.0. The summed E-state index contributed by atoms with van der Waals surface area (Å²) in [6.45, 7) is 0.450. The molecule has 0 aliphatic carbocycles. The predicted molar refractivity (Wildman–Crippen MR) is 174 cm³/mol. The Morgan fingerprint density at radius 2 is 1.32 bits per heavy atom. The minimum absolute atomic E-state index is 0.450. The van der Waals surface area contributed by atoms with Gasteiger partial charge in [0.05, 0.1) is 16.7 Å². The molecule has 0 amide bonds. The third-order valence-corrected chi connectivity index (χ3v) is 9.05. The number of hydrogen-bond donors (Lipinski definition) is 1. The summed E-state index contributed by atoms with van der Waals surface area (Å²) in [4.78, 5) is 0. The van der Waals surface area contributed by atoms with Crippen molar-refractivity contribution < 1.29 is 4.74 Å². The number of anilines is 1. The van der Waals surface area contributed by atoms with Crippen LogP contribution in [0.2, 0.25) is 0 Å². The van der Waals surface area contributed by atoms with Crippen LogP contribution in [0.5, 0.6) is 5.75 Å². The molecule has 0 aliphatic heterocycles. The van der Waals surface area contributed by atoms with Crippen LogP contribution in [0.15, 0.2) is 133 Å². The molecular weight excluding hydrogens is 520 g/mol. The Hall–Kier alpha value is -5.06. The van der Waals surface area contributed by atoms with E-state index in [1.165, 1.54) is 47.7 Å². The van der Waals surface area contributed by atoms with Crippen LogP contribution in [-0.4, -0.2) is 4.57 Å². The predicted octanol–water partition coefficient (Wildman–Crippen LogP) is 9.98. The molecule has 0 atom stereocenters. The number of nitrogen functional groups attached to an aromatic ring is 1. The van der Waals surface area contributed by atoms with Gasteiger partial charge in [0, 0.05) is 36.6 Å². The molecule has 0 fully saturated rings. The normalized spacial score (nSPS) is 11.6. The van der Waals surface area contributed by atoms with Crippen molar-refractivity contribution in [2.45, 2.75) is 6.61 Å². The van der Waals surface area contributed by atoms with Crippen molar-refractivity contribution in [2.75, 3.05) is 5.73 Å². The fourth-order valence-electron chi connectivity index (χ4n) is 5.91. The van der Waals surface area contributed by atoms with E-state index < -0.39 is 0 Å². The quantitative estimate of drug-likeness (QED) is 0.218. The summed E-state index contributed by atoms with van der Waals surface area (Å²) in [5.41, 5.74) is 14.4. The number of benzene rings is 6. The van der Waals surface area contributed by atoms with E-state index in [0.29, 0.717) is 12.3 Å². The van der Waals surface area contributed by atoms with E-state index in [9.17, 15) is 0 Å². The van der Waals surface area contributed by atoms with Crippen molar-refractivity contribution in [3.05, 3.63) is 139 Å². The number of nitrogens with two attached hydrogens (primary N) is 1. The number of rotatable bonds is 5. The number of nitrogens with zero attached hydrogens (tertiary/aromatic N) is 1. The fourth-order valence-corrected chi connectivity index (χ4v) is 7.04. The maximum absolute atomic E-state index is 6.61. The number of aromatic nitrogens is 1. The van der Waals surface area contributed by atoms with Gasteiger partial charge in [-0.2, -0.15) is 0 Å². The highest BCUT2D eigenvalue weighted by Gasteiger charge is 2.14. The highest BCUT2D eigenvalue weighted by molar-refractivity contribution is 7.26. The van der Waals surface area contributed by atoms with Gasteiger partial charge in [-0.05, 0) is 65.2 Å². The van der Waals surface area contributed by atoms with Gasteiger partial charge in [-0.3, -0.25) is 0 Å². The topological polar surface area (TPSA) is 40.2 Å². The zero-order valence-corrected chi connectivity index (χ0v) is 23.1. The van der Waals surface area contributed by atoms with Crippen molar-refractivity contribution in [1.82, 2.24) is 4.57 Å². The van der Waals surface area contributed by atoms with Crippen molar-refractivity contribution in [3.8, 4) is 22.6 Å². The smallest absolute Gasteiger partial charge is 0.143 e. The monoisotopic (exact) mass is 546 g/mol. The molecule has 2 heterocycles. The Morgan fingerprint density at radius 1 is 0.585 bits per heavy atom. The molecule has 41 heavy (non-hydrogen) atoms. The molecule has 6 aromatic carbocycles. The first-order valence-electron chi connectivity index (χ1n) is 13.7. The van der Waals surface area contributed by atoms with Crippen LogP contribution in [0, 0.1) is 0 Å². The minimum atomic E-state index is 0.450. The molecule has 8 aromatic rings. The number of para-hydroxylation sites is 1. The number of hydrogen-bond acceptors (Lipinski definition) is 3. The van der Waals surface area contributed by atoms with Crippen LogP contribution in [0.25, 0.3) is 58.8 Å². The van der Waals surface area contributed by atoms with Gasteiger partial charge in [0.25, 0.3) is 0 Å². The molecule has 0 bridgehead atoms. The van der Waals surface area contributed by atoms with E-state index >= 15 is 0 Å². The summed E-state index contributed by atoms with van der Waals surface area (Å²) in [5.74, 6) is 0.724. The Morgan fingerprint density at radius 3 is 2.17 bits per heavy atom. The standard InChI is InChI=1S/C37H26N2OS/c38-37-33(20-21-35-36(37)29-11-5-7-13-34(29)41-35)40-23-24-14-17-27(18-15-24)39-31-12-6-4-10-28(31)30-22-26(16-19-32(30)39)25-8-2-1-3-9-25/h1-22H,23,38H2. The van der Waals surface area contributed by atoms with E-state index in [1.807, 2.05) is 6.07 Å². The summed E-state index contributed by atoms with van der Waals surface area (Å²) < 4.78 is 11.0. The number of ether oxygens (including phenoxy) is 1. The van der Waals surface area contributed by atoms with Crippen LogP contribution in [0.1, 0.15) is 5.56 Å². The minimum Gasteiger partial charge on any atom is -0.487 e. The van der Waals surface area contributed by atoms with Gasteiger partial charge in [0.15, 0.2) is 0 Å². The molecule has 3 nitrogen and oxygen atoms in total. The summed E-state index contributed by atoms with van der Waals surface area (Å²) in [7, 11) is 0. The van der Waals surface area contributed by atoms with Gasteiger partial charge >= 0.3 is 0 Å². The van der Waals surface area contributed by atoms with Gasteiger partial charge in [-0.1, -0.05) is 84.9 Å². The molecule has 2 N–H and O–H groups in total. The van der Waals surface area contributed by atoms with E-state index in [4.69, 9.17) is 10.5 Å². The molecule has 0 aliphatic rings. The van der Waals surface area contributed by atoms with Gasteiger partial charge < -0.3 is 15.0 Å². The van der Waals surface area contributed by atoms with Crippen LogP contribution in [-0.2, 0) is 6.61 Å². The maximum atomic E-state index is 6.61. The molecule has 0 saturated carbocycles. The van der Waals surface area contributed by atoms with Gasteiger partial charge in [-0.15, -0.1) is 11.3 Å². The summed E-state index contributed by atoms with van der Waals surface area (Å²) >= 11 is 1.76. The number of thiophene rings is 1. The Kier molecular flexibility index (Phi) is 5.54. The first-order valence-corrected chi connectivity index (χ1v) is 14.6. The van der Waals surface area contributed by atoms with Crippen LogP contribution >= 0.6 is 11.3 Å². The second-order valence-electron chi connectivity index (χ2n) is 10.4.